The smallest absolute Gasteiger partial charge is 0.338 e. The fourth-order valence-corrected chi connectivity index (χ4v) is 3.08. The lowest BCUT2D eigenvalue weighted by Gasteiger charge is -2.17. The number of esters is 1. The molecule has 0 aromatic heterocycles. The molecule has 0 heterocycles. The topological polar surface area (TPSA) is 55.4 Å². The van der Waals surface area contributed by atoms with E-state index in [1.165, 1.54) is 0 Å². The number of ether oxygens (including phenoxy) is 1. The van der Waals surface area contributed by atoms with Crippen molar-refractivity contribution in [3.63, 3.8) is 0 Å². The van der Waals surface area contributed by atoms with E-state index in [9.17, 15) is 9.59 Å². The van der Waals surface area contributed by atoms with E-state index >= 15 is 0 Å². The molecule has 2 unspecified atom stereocenters. The van der Waals surface area contributed by atoms with E-state index in [4.69, 9.17) is 4.74 Å². The minimum atomic E-state index is -0.441. The van der Waals surface area contributed by atoms with Crippen molar-refractivity contribution >= 4 is 49.4 Å². The first-order chi connectivity index (χ1) is 12.0. The van der Waals surface area contributed by atoms with Crippen molar-refractivity contribution in [1.82, 2.24) is 0 Å². The number of benzene rings is 2. The predicted octanol–water partition coefficient (Wildman–Crippen LogP) is 5.09. The fourth-order valence-electron chi connectivity index (χ4n) is 2.12. The SMILES string of the molecule is CCCOC(=O)c1ccc(NC(=O)C(Br)C(Br)c2ccccc2)cc1. The number of rotatable bonds is 7. The van der Waals surface area contributed by atoms with E-state index < -0.39 is 4.83 Å². The lowest BCUT2D eigenvalue weighted by atomic mass is 10.1. The highest BCUT2D eigenvalue weighted by molar-refractivity contribution is 9.12. The van der Waals surface area contributed by atoms with Crippen molar-refractivity contribution in [3.05, 3.63) is 65.7 Å². The van der Waals surface area contributed by atoms with Gasteiger partial charge >= 0.3 is 5.97 Å². The standard InChI is InChI=1S/C19H19Br2NO3/c1-2-12-25-19(24)14-8-10-15(11-9-14)22-18(23)17(21)16(20)13-6-4-3-5-7-13/h3-11,16-17H,2,12H2,1H3,(H,22,23). The fraction of sp³-hybridized carbons (Fsp3) is 0.263. The van der Waals surface area contributed by atoms with Crippen molar-refractivity contribution in [2.45, 2.75) is 23.0 Å². The molecule has 2 aromatic carbocycles. The lowest BCUT2D eigenvalue weighted by Crippen LogP contribution is -2.26. The summed E-state index contributed by atoms with van der Waals surface area (Å²) in [5.74, 6) is -0.533. The second-order valence-electron chi connectivity index (χ2n) is 5.42. The summed E-state index contributed by atoms with van der Waals surface area (Å²) >= 11 is 6.99. The van der Waals surface area contributed by atoms with Crippen LogP contribution in [0.4, 0.5) is 5.69 Å². The summed E-state index contributed by atoms with van der Waals surface area (Å²) in [5.41, 5.74) is 2.09. The number of halogens is 2. The monoisotopic (exact) mass is 467 g/mol. The minimum Gasteiger partial charge on any atom is -0.462 e. The Labute approximate surface area is 164 Å². The predicted molar refractivity (Wildman–Crippen MR) is 106 cm³/mol. The summed E-state index contributed by atoms with van der Waals surface area (Å²) in [4.78, 5) is 23.6. The molecule has 2 rings (SSSR count). The van der Waals surface area contributed by atoms with Gasteiger partial charge in [0.25, 0.3) is 0 Å². The molecular weight excluding hydrogens is 450 g/mol. The summed E-state index contributed by atoms with van der Waals surface area (Å²) in [6.07, 6.45) is 0.779. The van der Waals surface area contributed by atoms with E-state index in [0.29, 0.717) is 17.9 Å². The Bertz CT molecular complexity index is 704. The van der Waals surface area contributed by atoms with Crippen LogP contribution in [0.3, 0.4) is 0 Å². The number of nitrogens with one attached hydrogen (secondary N) is 1. The van der Waals surface area contributed by atoms with Gasteiger partial charge in [-0.3, -0.25) is 4.79 Å². The Balaban J connectivity index is 1.97. The van der Waals surface area contributed by atoms with Crippen LogP contribution in [0.15, 0.2) is 54.6 Å². The van der Waals surface area contributed by atoms with Crippen LogP contribution in [-0.4, -0.2) is 23.3 Å². The number of carbonyl (C=O) groups is 2. The van der Waals surface area contributed by atoms with Gasteiger partial charge in [-0.05, 0) is 36.2 Å². The molecule has 0 aliphatic rings. The third kappa shape index (κ3) is 5.68. The van der Waals surface area contributed by atoms with Crippen molar-refractivity contribution in [2.75, 3.05) is 11.9 Å². The molecule has 132 valence electrons. The van der Waals surface area contributed by atoms with Gasteiger partial charge in [0.15, 0.2) is 0 Å². The lowest BCUT2D eigenvalue weighted by molar-refractivity contribution is -0.115. The van der Waals surface area contributed by atoms with E-state index in [1.807, 2.05) is 37.3 Å². The van der Waals surface area contributed by atoms with Crippen molar-refractivity contribution < 1.29 is 14.3 Å². The summed E-state index contributed by atoms with van der Waals surface area (Å²) < 4.78 is 5.08. The van der Waals surface area contributed by atoms with Crippen molar-refractivity contribution in [2.24, 2.45) is 0 Å². The second kappa shape index (κ2) is 9.73. The summed E-state index contributed by atoms with van der Waals surface area (Å²) in [6.45, 7) is 2.34. The van der Waals surface area contributed by atoms with Crippen LogP contribution in [-0.2, 0) is 9.53 Å². The van der Waals surface area contributed by atoms with Gasteiger partial charge in [-0.25, -0.2) is 4.79 Å². The molecule has 25 heavy (non-hydrogen) atoms. The molecule has 1 amide bonds. The second-order valence-corrected chi connectivity index (χ2v) is 7.39. The highest BCUT2D eigenvalue weighted by Gasteiger charge is 2.25. The summed E-state index contributed by atoms with van der Waals surface area (Å²) in [7, 11) is 0. The maximum atomic E-state index is 12.4. The molecule has 0 fully saturated rings. The molecule has 0 saturated heterocycles. The van der Waals surface area contributed by atoms with E-state index in [-0.39, 0.29) is 16.7 Å². The molecule has 0 spiro atoms. The molecule has 6 heteroatoms. The molecule has 0 radical (unpaired) electrons. The Morgan fingerprint density at radius 3 is 2.28 bits per heavy atom. The maximum absolute atomic E-state index is 12.4. The van der Waals surface area contributed by atoms with Gasteiger partial charge in [-0.15, -0.1) is 0 Å². The molecule has 0 aliphatic carbocycles. The number of hydrogen-bond donors (Lipinski definition) is 1. The summed E-state index contributed by atoms with van der Waals surface area (Å²) in [6, 6.07) is 16.3. The quantitative estimate of drug-likeness (QED) is 0.454. The van der Waals surface area contributed by atoms with Crippen LogP contribution in [0, 0.1) is 0 Å². The number of carbonyl (C=O) groups excluding carboxylic acids is 2. The molecule has 0 saturated carbocycles. The summed E-state index contributed by atoms with van der Waals surface area (Å²) in [5, 5.41) is 2.83. The molecule has 1 N–H and O–H groups in total. The van der Waals surface area contributed by atoms with E-state index in [0.717, 1.165) is 12.0 Å². The van der Waals surface area contributed by atoms with Crippen LogP contribution >= 0.6 is 31.9 Å². The van der Waals surface area contributed by atoms with Gasteiger partial charge < -0.3 is 10.1 Å². The third-order valence-electron chi connectivity index (χ3n) is 3.45. The minimum absolute atomic E-state index is 0.156. The number of anilines is 1. The number of amides is 1. The molecule has 4 nitrogen and oxygen atoms in total. The first-order valence-corrected chi connectivity index (χ1v) is 9.77. The van der Waals surface area contributed by atoms with Crippen molar-refractivity contribution in [1.29, 1.82) is 0 Å². The first kappa shape index (κ1) is 19.7. The molecule has 0 aliphatic heterocycles. The maximum Gasteiger partial charge on any atom is 0.338 e. The van der Waals surface area contributed by atoms with Gasteiger partial charge in [0.2, 0.25) is 5.91 Å². The molecule has 2 atom stereocenters. The third-order valence-corrected chi connectivity index (χ3v) is 6.16. The van der Waals surface area contributed by atoms with Gasteiger partial charge in [-0.2, -0.15) is 0 Å². The first-order valence-electron chi connectivity index (χ1n) is 7.94. The Morgan fingerprint density at radius 1 is 1.04 bits per heavy atom. The van der Waals surface area contributed by atoms with Crippen LogP contribution < -0.4 is 5.32 Å². The zero-order valence-corrected chi connectivity index (χ0v) is 16.9. The molecular formula is C19H19Br2NO3. The van der Waals surface area contributed by atoms with Gasteiger partial charge in [0, 0.05) is 5.69 Å². The van der Waals surface area contributed by atoms with Gasteiger partial charge in [-0.1, -0.05) is 69.1 Å². The van der Waals surface area contributed by atoms with Gasteiger partial charge in [0.05, 0.1) is 17.0 Å². The highest BCUT2D eigenvalue weighted by atomic mass is 79.9. The largest absolute Gasteiger partial charge is 0.462 e. The highest BCUT2D eigenvalue weighted by Crippen LogP contribution is 2.31. The molecule has 2 aromatic rings. The molecule has 0 bridgehead atoms. The van der Waals surface area contributed by atoms with Crippen LogP contribution in [0.25, 0.3) is 0 Å². The normalized spacial score (nSPS) is 12.9. The average Bonchev–Trinajstić information content (AvgIpc) is 2.66. The number of alkyl halides is 2. The van der Waals surface area contributed by atoms with E-state index in [1.54, 1.807) is 24.3 Å². The zero-order valence-electron chi connectivity index (χ0n) is 13.7. The van der Waals surface area contributed by atoms with Crippen LogP contribution in [0.5, 0.6) is 0 Å². The average molecular weight is 469 g/mol. The van der Waals surface area contributed by atoms with E-state index in [2.05, 4.69) is 37.2 Å². The Morgan fingerprint density at radius 2 is 1.68 bits per heavy atom. The Hall–Kier alpha value is -1.66. The van der Waals surface area contributed by atoms with Crippen molar-refractivity contribution in [3.8, 4) is 0 Å². The van der Waals surface area contributed by atoms with Crippen LogP contribution in [0.2, 0.25) is 0 Å². The van der Waals surface area contributed by atoms with Crippen LogP contribution in [0.1, 0.15) is 34.1 Å². The van der Waals surface area contributed by atoms with Gasteiger partial charge in [0.1, 0.15) is 4.83 Å². The Kier molecular flexibility index (Phi) is 7.65. The number of hydrogen-bond acceptors (Lipinski definition) is 3. The zero-order chi connectivity index (χ0) is 18.2.